The number of hydrogen-bond acceptors (Lipinski definition) is 4. The molecule has 0 saturated carbocycles. The van der Waals surface area contributed by atoms with Gasteiger partial charge in [-0.25, -0.2) is 4.83 Å². The Morgan fingerprint density at radius 1 is 1.04 bits per heavy atom. The summed E-state index contributed by atoms with van der Waals surface area (Å²) < 4.78 is 24.2. The van der Waals surface area contributed by atoms with Gasteiger partial charge in [0.15, 0.2) is 0 Å². The van der Waals surface area contributed by atoms with E-state index in [0.29, 0.717) is 11.4 Å². The van der Waals surface area contributed by atoms with Gasteiger partial charge in [-0.2, -0.15) is 13.5 Å². The zero-order valence-electron chi connectivity index (χ0n) is 13.5. The zero-order valence-corrected chi connectivity index (χ0v) is 14.3. The number of para-hydroxylation sites is 1. The molecule has 0 saturated heterocycles. The van der Waals surface area contributed by atoms with Gasteiger partial charge >= 0.3 is 0 Å². The standard InChI is InChI=1S/C17H19N3O3S/c1-13-8-10-16(11-9-13)24(22,23)20-19-14(2)12-17(21)18-15-6-4-3-5-7-15/h3-11,20H,12H2,1-2H3,(H,18,21)/b19-14+. The van der Waals surface area contributed by atoms with Crippen molar-refractivity contribution in [3.8, 4) is 0 Å². The molecule has 6 nitrogen and oxygen atoms in total. The molecule has 2 N–H and O–H groups in total. The van der Waals surface area contributed by atoms with Gasteiger partial charge in [0.1, 0.15) is 0 Å². The number of anilines is 1. The maximum absolute atomic E-state index is 12.1. The van der Waals surface area contributed by atoms with Crippen LogP contribution in [0.25, 0.3) is 0 Å². The summed E-state index contributed by atoms with van der Waals surface area (Å²) in [4.78, 5) is 14.2. The summed E-state index contributed by atoms with van der Waals surface area (Å²) in [7, 11) is -3.74. The first kappa shape index (κ1) is 17.7. The summed E-state index contributed by atoms with van der Waals surface area (Å²) in [6.07, 6.45) is -0.00862. The first-order chi connectivity index (χ1) is 11.4. The van der Waals surface area contributed by atoms with Crippen LogP contribution in [0.4, 0.5) is 5.69 Å². The highest BCUT2D eigenvalue weighted by Gasteiger charge is 2.13. The molecule has 2 aromatic rings. The van der Waals surface area contributed by atoms with Gasteiger partial charge in [0, 0.05) is 11.4 Å². The minimum atomic E-state index is -3.74. The molecule has 0 aromatic heterocycles. The lowest BCUT2D eigenvalue weighted by Crippen LogP contribution is -2.21. The number of nitrogens with zero attached hydrogens (tertiary/aromatic N) is 1. The number of nitrogens with one attached hydrogen (secondary N) is 2. The molecule has 0 aliphatic carbocycles. The number of hydrazone groups is 1. The van der Waals surface area contributed by atoms with Crippen molar-refractivity contribution in [1.82, 2.24) is 4.83 Å². The van der Waals surface area contributed by atoms with Crippen molar-refractivity contribution in [2.75, 3.05) is 5.32 Å². The SMILES string of the molecule is C/C(CC(=O)Nc1ccccc1)=N\NS(=O)(=O)c1ccc(C)cc1. The number of rotatable bonds is 6. The highest BCUT2D eigenvalue weighted by molar-refractivity contribution is 7.89. The Kier molecular flexibility index (Phi) is 5.70. The fraction of sp³-hybridized carbons (Fsp3) is 0.176. The molecule has 1 amide bonds. The van der Waals surface area contributed by atoms with E-state index < -0.39 is 10.0 Å². The van der Waals surface area contributed by atoms with Gasteiger partial charge in [-0.15, -0.1) is 0 Å². The van der Waals surface area contributed by atoms with Crippen LogP contribution in [0.3, 0.4) is 0 Å². The first-order valence-electron chi connectivity index (χ1n) is 7.33. The summed E-state index contributed by atoms with van der Waals surface area (Å²) >= 11 is 0. The average molecular weight is 345 g/mol. The zero-order chi connectivity index (χ0) is 17.6. The van der Waals surface area contributed by atoms with Gasteiger partial charge < -0.3 is 5.32 Å². The van der Waals surface area contributed by atoms with Crippen molar-refractivity contribution in [1.29, 1.82) is 0 Å². The van der Waals surface area contributed by atoms with Crippen LogP contribution in [-0.2, 0) is 14.8 Å². The van der Waals surface area contributed by atoms with Gasteiger partial charge in [0.2, 0.25) is 5.91 Å². The second kappa shape index (κ2) is 7.74. The highest BCUT2D eigenvalue weighted by Crippen LogP contribution is 2.10. The molecule has 0 heterocycles. The fourth-order valence-electron chi connectivity index (χ4n) is 1.91. The minimum Gasteiger partial charge on any atom is -0.326 e. The summed E-state index contributed by atoms with van der Waals surface area (Å²) in [6, 6.07) is 15.4. The maximum atomic E-state index is 12.1. The summed E-state index contributed by atoms with van der Waals surface area (Å²) in [5.74, 6) is -0.267. The van der Waals surface area contributed by atoms with E-state index in [1.54, 1.807) is 31.2 Å². The van der Waals surface area contributed by atoms with Crippen molar-refractivity contribution >= 4 is 27.3 Å². The van der Waals surface area contributed by atoms with Crippen LogP contribution in [-0.4, -0.2) is 20.0 Å². The lowest BCUT2D eigenvalue weighted by Gasteiger charge is -2.06. The molecule has 0 radical (unpaired) electrons. The summed E-state index contributed by atoms with van der Waals surface area (Å²) in [6.45, 7) is 3.46. The van der Waals surface area contributed by atoms with E-state index in [9.17, 15) is 13.2 Å². The molecule has 0 spiro atoms. The van der Waals surface area contributed by atoms with Crippen LogP contribution >= 0.6 is 0 Å². The van der Waals surface area contributed by atoms with E-state index in [-0.39, 0.29) is 17.2 Å². The van der Waals surface area contributed by atoms with Gasteiger partial charge in [-0.3, -0.25) is 4.79 Å². The number of hydrogen-bond donors (Lipinski definition) is 2. The molecule has 2 aromatic carbocycles. The Balaban J connectivity index is 1.95. The molecule has 2 rings (SSSR count). The molecule has 0 aliphatic heterocycles. The van der Waals surface area contributed by atoms with Crippen molar-refractivity contribution in [2.45, 2.75) is 25.2 Å². The second-order valence-electron chi connectivity index (χ2n) is 5.35. The quantitative estimate of drug-likeness (QED) is 0.623. The number of carbonyl (C=O) groups excluding carboxylic acids is 1. The smallest absolute Gasteiger partial charge is 0.276 e. The third-order valence-electron chi connectivity index (χ3n) is 3.16. The third kappa shape index (κ3) is 5.20. The van der Waals surface area contributed by atoms with Gasteiger partial charge in [0.05, 0.1) is 11.3 Å². The lowest BCUT2D eigenvalue weighted by atomic mass is 10.2. The van der Waals surface area contributed by atoms with Crippen LogP contribution in [0.5, 0.6) is 0 Å². The Morgan fingerprint density at radius 3 is 2.29 bits per heavy atom. The summed E-state index contributed by atoms with van der Waals surface area (Å²) in [5, 5.41) is 6.50. The maximum Gasteiger partial charge on any atom is 0.276 e. The van der Waals surface area contributed by atoms with Crippen molar-refractivity contribution in [2.24, 2.45) is 5.10 Å². The lowest BCUT2D eigenvalue weighted by molar-refractivity contribution is -0.115. The van der Waals surface area contributed by atoms with Crippen LogP contribution < -0.4 is 10.1 Å². The normalized spacial score (nSPS) is 11.8. The minimum absolute atomic E-state index is 0.00862. The predicted octanol–water partition coefficient (Wildman–Crippen LogP) is 2.68. The molecule has 0 bridgehead atoms. The number of amides is 1. The predicted molar refractivity (Wildman–Crippen MR) is 94.3 cm³/mol. The topological polar surface area (TPSA) is 87.6 Å². The number of carbonyl (C=O) groups is 1. The van der Waals surface area contributed by atoms with Crippen LogP contribution in [0, 0.1) is 6.92 Å². The average Bonchev–Trinajstić information content (AvgIpc) is 2.54. The fourth-order valence-corrected chi connectivity index (χ4v) is 2.78. The monoisotopic (exact) mass is 345 g/mol. The van der Waals surface area contributed by atoms with E-state index >= 15 is 0 Å². The Labute approximate surface area is 141 Å². The molecule has 0 fully saturated rings. The van der Waals surface area contributed by atoms with Crippen molar-refractivity contribution in [3.63, 3.8) is 0 Å². The largest absolute Gasteiger partial charge is 0.326 e. The van der Waals surface area contributed by atoms with E-state index in [0.717, 1.165) is 5.56 Å². The molecule has 0 atom stereocenters. The second-order valence-corrected chi connectivity index (χ2v) is 7.01. The molecule has 7 heteroatoms. The van der Waals surface area contributed by atoms with E-state index in [4.69, 9.17) is 0 Å². The Morgan fingerprint density at radius 2 is 1.67 bits per heavy atom. The molecule has 126 valence electrons. The van der Waals surface area contributed by atoms with Crippen LogP contribution in [0.1, 0.15) is 18.9 Å². The van der Waals surface area contributed by atoms with Gasteiger partial charge in [-0.05, 0) is 38.1 Å². The molecule has 0 aliphatic rings. The van der Waals surface area contributed by atoms with E-state index in [1.165, 1.54) is 12.1 Å². The third-order valence-corrected chi connectivity index (χ3v) is 4.39. The summed E-state index contributed by atoms with van der Waals surface area (Å²) in [5.41, 5.74) is 2.00. The number of sulfonamides is 1. The molecule has 0 unspecified atom stereocenters. The van der Waals surface area contributed by atoms with Crippen LogP contribution in [0.15, 0.2) is 64.6 Å². The Bertz CT molecular complexity index is 829. The first-order valence-corrected chi connectivity index (χ1v) is 8.82. The molecule has 24 heavy (non-hydrogen) atoms. The van der Waals surface area contributed by atoms with E-state index in [2.05, 4.69) is 15.2 Å². The number of benzene rings is 2. The van der Waals surface area contributed by atoms with Crippen LogP contribution in [0.2, 0.25) is 0 Å². The van der Waals surface area contributed by atoms with Gasteiger partial charge in [0.25, 0.3) is 10.0 Å². The Hall–Kier alpha value is -2.67. The van der Waals surface area contributed by atoms with E-state index in [1.807, 2.05) is 25.1 Å². The highest BCUT2D eigenvalue weighted by atomic mass is 32.2. The number of aryl methyl sites for hydroxylation is 1. The van der Waals surface area contributed by atoms with Crippen molar-refractivity contribution < 1.29 is 13.2 Å². The van der Waals surface area contributed by atoms with Gasteiger partial charge in [-0.1, -0.05) is 35.9 Å². The van der Waals surface area contributed by atoms with Crippen molar-refractivity contribution in [3.05, 3.63) is 60.2 Å². The molecular weight excluding hydrogens is 326 g/mol. The molecular formula is C17H19N3O3S.